The van der Waals surface area contributed by atoms with Crippen molar-refractivity contribution in [1.82, 2.24) is 15.0 Å². The van der Waals surface area contributed by atoms with Crippen molar-refractivity contribution in [3.8, 4) is 11.1 Å². The van der Waals surface area contributed by atoms with Crippen LogP contribution in [0.2, 0.25) is 0 Å². The highest BCUT2D eigenvalue weighted by Crippen LogP contribution is 2.27. The Bertz CT molecular complexity index is 1490. The molecule has 174 valence electrons. The molecule has 0 aliphatic heterocycles. The summed E-state index contributed by atoms with van der Waals surface area (Å²) in [6.45, 7) is -0.123. The largest absolute Gasteiger partial charge is 0.480 e. The fourth-order valence-electron chi connectivity index (χ4n) is 3.79. The monoisotopic (exact) mass is 478 g/mol. The van der Waals surface area contributed by atoms with E-state index in [9.17, 15) is 23.1 Å². The molecule has 0 amide bonds. The molecule has 0 saturated heterocycles. The zero-order valence-corrected chi connectivity index (χ0v) is 19.1. The third kappa shape index (κ3) is 4.81. The zero-order valence-electron chi connectivity index (χ0n) is 18.3. The van der Waals surface area contributed by atoms with Gasteiger partial charge in [0.1, 0.15) is 11.6 Å². The maximum atomic E-state index is 12.7. The van der Waals surface area contributed by atoms with Crippen LogP contribution in [0.15, 0.2) is 83.7 Å². The Morgan fingerprint density at radius 1 is 0.971 bits per heavy atom. The lowest BCUT2D eigenvalue weighted by molar-refractivity contribution is -0.138. The van der Waals surface area contributed by atoms with E-state index in [0.717, 1.165) is 26.4 Å². The Kier molecular flexibility index (Phi) is 6.42. The average Bonchev–Trinajstić information content (AvgIpc) is 2.83. The minimum absolute atomic E-state index is 0.123. The number of nitrogens with zero attached hydrogens (tertiary/aromatic N) is 4. The Balaban J connectivity index is 1.64. The highest BCUT2D eigenvalue weighted by Gasteiger charge is 2.32. The van der Waals surface area contributed by atoms with Crippen molar-refractivity contribution in [2.75, 3.05) is 10.6 Å². The summed E-state index contributed by atoms with van der Waals surface area (Å²) in [5.41, 5.74) is 2.03. The van der Waals surface area contributed by atoms with Crippen LogP contribution in [0, 0.1) is 0 Å². The smallest absolute Gasteiger partial charge is 0.327 e. The lowest BCUT2D eigenvalue weighted by Crippen LogP contribution is -2.46. The fraction of sp³-hybridized carbons (Fsp3) is 0.167. The number of anilines is 1. The van der Waals surface area contributed by atoms with E-state index in [1.54, 1.807) is 48.5 Å². The minimum Gasteiger partial charge on any atom is -0.480 e. The SMILES string of the molecule is CS(=O)(=O)N(c1ccc(-c2ccccc2)cc1)[C@H](CCn1nnc2ccccc2c1=O)C(=O)O. The summed E-state index contributed by atoms with van der Waals surface area (Å²) in [5, 5.41) is 18.1. The number of hydrogen-bond donors (Lipinski definition) is 1. The fourth-order valence-corrected chi connectivity index (χ4v) is 4.95. The van der Waals surface area contributed by atoms with Crippen molar-refractivity contribution >= 4 is 32.6 Å². The van der Waals surface area contributed by atoms with E-state index in [-0.39, 0.29) is 18.7 Å². The van der Waals surface area contributed by atoms with Crippen LogP contribution in [-0.2, 0) is 21.4 Å². The van der Waals surface area contributed by atoms with Crippen molar-refractivity contribution in [1.29, 1.82) is 0 Å². The third-order valence-corrected chi connectivity index (χ3v) is 6.58. The first kappa shape index (κ1) is 23.1. The number of fused-ring (bicyclic) bond motifs is 1. The molecule has 0 aliphatic carbocycles. The maximum Gasteiger partial charge on any atom is 0.327 e. The quantitative estimate of drug-likeness (QED) is 0.413. The number of rotatable bonds is 8. The topological polar surface area (TPSA) is 122 Å². The van der Waals surface area contributed by atoms with Crippen molar-refractivity contribution in [3.63, 3.8) is 0 Å². The van der Waals surface area contributed by atoms with Gasteiger partial charge in [0.25, 0.3) is 5.56 Å². The molecular formula is C24H22N4O5S. The number of carboxylic acid groups (broad SMARTS) is 1. The molecule has 1 aromatic heterocycles. The molecular weight excluding hydrogens is 456 g/mol. The second-order valence-corrected chi connectivity index (χ2v) is 9.61. The summed E-state index contributed by atoms with van der Waals surface area (Å²) in [4.78, 5) is 24.8. The van der Waals surface area contributed by atoms with Gasteiger partial charge < -0.3 is 5.11 Å². The molecule has 0 bridgehead atoms. The summed E-state index contributed by atoms with van der Waals surface area (Å²) in [6, 6.07) is 21.4. The van der Waals surface area contributed by atoms with Gasteiger partial charge in [0.2, 0.25) is 10.0 Å². The van der Waals surface area contributed by atoms with Crippen LogP contribution in [-0.4, -0.2) is 46.8 Å². The summed E-state index contributed by atoms with van der Waals surface area (Å²) in [7, 11) is -3.96. The molecule has 0 spiro atoms. The van der Waals surface area contributed by atoms with Gasteiger partial charge in [-0.1, -0.05) is 59.8 Å². The molecule has 0 saturated carbocycles. The summed E-state index contributed by atoms with van der Waals surface area (Å²) in [5.74, 6) is -1.33. The molecule has 1 N–H and O–H groups in total. The zero-order chi connectivity index (χ0) is 24.3. The normalized spacial score (nSPS) is 12.4. The minimum atomic E-state index is -3.96. The number of sulfonamides is 1. The number of aliphatic carboxylic acids is 1. The molecule has 4 rings (SSSR count). The van der Waals surface area contributed by atoms with Crippen LogP contribution in [0.3, 0.4) is 0 Å². The third-order valence-electron chi connectivity index (χ3n) is 5.40. The van der Waals surface area contributed by atoms with Crippen LogP contribution in [0.5, 0.6) is 0 Å². The van der Waals surface area contributed by atoms with E-state index < -0.39 is 27.6 Å². The van der Waals surface area contributed by atoms with E-state index in [4.69, 9.17) is 0 Å². The first-order valence-corrected chi connectivity index (χ1v) is 12.3. The van der Waals surface area contributed by atoms with Gasteiger partial charge in [-0.25, -0.2) is 17.9 Å². The number of carboxylic acids is 1. The molecule has 0 aliphatic rings. The van der Waals surface area contributed by atoms with Gasteiger partial charge in [-0.2, -0.15) is 0 Å². The van der Waals surface area contributed by atoms with E-state index in [0.29, 0.717) is 10.9 Å². The number of aromatic nitrogens is 3. The lowest BCUT2D eigenvalue weighted by atomic mass is 10.1. The molecule has 3 aromatic carbocycles. The standard InChI is InChI=1S/C24H22N4O5S/c1-34(32,33)28(19-13-11-18(12-14-19)17-7-3-2-4-8-17)22(24(30)31)15-16-27-23(29)20-9-5-6-10-21(20)25-26-27/h2-14,22H,15-16H2,1H3,(H,30,31)/t22-/m1/s1. The molecule has 9 nitrogen and oxygen atoms in total. The molecule has 1 atom stereocenters. The highest BCUT2D eigenvalue weighted by atomic mass is 32.2. The first-order chi connectivity index (χ1) is 16.3. The second kappa shape index (κ2) is 9.44. The van der Waals surface area contributed by atoms with E-state index in [2.05, 4.69) is 10.3 Å². The molecule has 10 heteroatoms. The van der Waals surface area contributed by atoms with E-state index in [1.807, 2.05) is 30.3 Å². The van der Waals surface area contributed by atoms with Gasteiger partial charge in [0, 0.05) is 6.54 Å². The Morgan fingerprint density at radius 3 is 2.24 bits per heavy atom. The lowest BCUT2D eigenvalue weighted by Gasteiger charge is -2.29. The number of benzene rings is 3. The number of carbonyl (C=O) groups is 1. The van der Waals surface area contributed by atoms with Crippen LogP contribution in [0.25, 0.3) is 22.0 Å². The Hall–Kier alpha value is -4.05. The first-order valence-electron chi connectivity index (χ1n) is 10.5. The Morgan fingerprint density at radius 2 is 1.59 bits per heavy atom. The molecule has 0 unspecified atom stereocenters. The summed E-state index contributed by atoms with van der Waals surface area (Å²) in [6.07, 6.45) is 0.770. The van der Waals surface area contributed by atoms with Gasteiger partial charge >= 0.3 is 5.97 Å². The number of hydrogen-bond acceptors (Lipinski definition) is 6. The van der Waals surface area contributed by atoms with Crippen molar-refractivity contribution < 1.29 is 18.3 Å². The van der Waals surface area contributed by atoms with Crippen molar-refractivity contribution in [2.24, 2.45) is 0 Å². The second-order valence-electron chi connectivity index (χ2n) is 7.75. The molecule has 4 aromatic rings. The molecule has 34 heavy (non-hydrogen) atoms. The highest BCUT2D eigenvalue weighted by molar-refractivity contribution is 7.92. The van der Waals surface area contributed by atoms with Crippen LogP contribution < -0.4 is 9.86 Å². The predicted molar refractivity (Wildman–Crippen MR) is 129 cm³/mol. The van der Waals surface area contributed by atoms with Crippen molar-refractivity contribution in [3.05, 3.63) is 89.2 Å². The average molecular weight is 479 g/mol. The Labute approximate surface area is 195 Å². The molecule has 1 heterocycles. The van der Waals surface area contributed by atoms with E-state index in [1.165, 1.54) is 0 Å². The van der Waals surface area contributed by atoms with Gasteiger partial charge in [-0.05, 0) is 41.8 Å². The summed E-state index contributed by atoms with van der Waals surface area (Å²) < 4.78 is 27.2. The van der Waals surface area contributed by atoms with Crippen LogP contribution >= 0.6 is 0 Å². The predicted octanol–water partition coefficient (Wildman–Crippen LogP) is 2.77. The maximum absolute atomic E-state index is 12.7. The van der Waals surface area contributed by atoms with E-state index >= 15 is 0 Å². The molecule has 0 radical (unpaired) electrons. The summed E-state index contributed by atoms with van der Waals surface area (Å²) >= 11 is 0. The number of aryl methyl sites for hydroxylation is 1. The van der Waals surface area contributed by atoms with Gasteiger partial charge in [0.05, 0.1) is 17.3 Å². The van der Waals surface area contributed by atoms with Crippen LogP contribution in [0.1, 0.15) is 6.42 Å². The van der Waals surface area contributed by atoms with Crippen LogP contribution in [0.4, 0.5) is 5.69 Å². The van der Waals surface area contributed by atoms with Crippen molar-refractivity contribution in [2.45, 2.75) is 19.0 Å². The van der Waals surface area contributed by atoms with Gasteiger partial charge in [-0.3, -0.25) is 9.10 Å². The van der Waals surface area contributed by atoms with Gasteiger partial charge in [-0.15, -0.1) is 5.10 Å². The van der Waals surface area contributed by atoms with Gasteiger partial charge in [0.15, 0.2) is 0 Å². The molecule has 0 fully saturated rings.